The van der Waals surface area contributed by atoms with Crippen LogP contribution >= 0.6 is 0 Å². The first-order chi connectivity index (χ1) is 17.2. The number of ether oxygens (including phenoxy) is 2. The van der Waals surface area contributed by atoms with Gasteiger partial charge in [0.15, 0.2) is 0 Å². The molecule has 1 fully saturated rings. The van der Waals surface area contributed by atoms with E-state index in [1.54, 1.807) is 30.3 Å². The van der Waals surface area contributed by atoms with Crippen LogP contribution in [0, 0.1) is 0 Å². The van der Waals surface area contributed by atoms with Crippen LogP contribution in [0.1, 0.15) is 30.5 Å². The van der Waals surface area contributed by atoms with Crippen LogP contribution in [0.25, 0.3) is 5.76 Å². The van der Waals surface area contributed by atoms with E-state index in [-0.39, 0.29) is 16.8 Å². The lowest BCUT2D eigenvalue weighted by Crippen LogP contribution is -2.29. The van der Waals surface area contributed by atoms with Gasteiger partial charge in [0.1, 0.15) is 17.3 Å². The monoisotopic (exact) mass is 498 g/mol. The van der Waals surface area contributed by atoms with Crippen LogP contribution in [0.15, 0.2) is 78.6 Å². The maximum atomic E-state index is 13.2. The molecule has 1 unspecified atom stereocenters. The molecule has 2 heterocycles. The first-order valence-corrected chi connectivity index (χ1v) is 11.0. The standard InChI is InChI=1S/C26H21F3N2O5/c1-2-12-35-19-9-3-6-16(13-19)23(32)21-22(17-7-5-11-30-15-17)31(25(34)24(21)33)18-8-4-10-20(14-18)36-26(27,28)29/h3-11,13-15,22,32H,2,12H2,1H3/b23-21+. The van der Waals surface area contributed by atoms with Gasteiger partial charge in [-0.1, -0.05) is 31.2 Å². The molecular formula is C26H21F3N2O5. The normalized spacial score (nSPS) is 17.3. The molecule has 0 saturated carbocycles. The summed E-state index contributed by atoms with van der Waals surface area (Å²) in [7, 11) is 0. The van der Waals surface area contributed by atoms with E-state index in [9.17, 15) is 27.9 Å². The Morgan fingerprint density at radius 1 is 1.06 bits per heavy atom. The molecule has 1 amide bonds. The first-order valence-electron chi connectivity index (χ1n) is 11.0. The van der Waals surface area contributed by atoms with E-state index in [1.807, 2.05) is 6.92 Å². The lowest BCUT2D eigenvalue weighted by atomic mass is 9.96. The number of hydrogen-bond donors (Lipinski definition) is 1. The van der Waals surface area contributed by atoms with Gasteiger partial charge in [-0.3, -0.25) is 19.5 Å². The molecule has 7 nitrogen and oxygen atoms in total. The Bertz CT molecular complexity index is 1310. The average molecular weight is 498 g/mol. The zero-order valence-electron chi connectivity index (χ0n) is 19.0. The number of ketones is 1. The van der Waals surface area contributed by atoms with Crippen LogP contribution in [0.4, 0.5) is 18.9 Å². The van der Waals surface area contributed by atoms with Crippen LogP contribution in [0.3, 0.4) is 0 Å². The number of nitrogens with zero attached hydrogens (tertiary/aromatic N) is 2. The van der Waals surface area contributed by atoms with Gasteiger partial charge in [-0.2, -0.15) is 0 Å². The van der Waals surface area contributed by atoms with Gasteiger partial charge in [0, 0.05) is 29.7 Å². The smallest absolute Gasteiger partial charge is 0.507 e. The Labute approximate surface area is 204 Å². The van der Waals surface area contributed by atoms with Crippen molar-refractivity contribution in [3.63, 3.8) is 0 Å². The van der Waals surface area contributed by atoms with Gasteiger partial charge in [0.2, 0.25) is 0 Å². The van der Waals surface area contributed by atoms with E-state index in [4.69, 9.17) is 4.74 Å². The third kappa shape index (κ3) is 5.17. The van der Waals surface area contributed by atoms with E-state index >= 15 is 0 Å². The van der Waals surface area contributed by atoms with Gasteiger partial charge in [-0.15, -0.1) is 13.2 Å². The van der Waals surface area contributed by atoms with Gasteiger partial charge in [0.05, 0.1) is 18.2 Å². The number of aromatic nitrogens is 1. The van der Waals surface area contributed by atoms with Crippen molar-refractivity contribution in [3.05, 3.63) is 89.8 Å². The molecule has 0 aliphatic carbocycles. The molecule has 1 saturated heterocycles. The third-order valence-corrected chi connectivity index (χ3v) is 5.35. The largest absolute Gasteiger partial charge is 0.573 e. The minimum atomic E-state index is -4.94. The molecule has 4 rings (SSSR count). The summed E-state index contributed by atoms with van der Waals surface area (Å²) >= 11 is 0. The number of aliphatic hydroxyl groups is 1. The van der Waals surface area contributed by atoms with Crippen molar-refractivity contribution in [2.75, 3.05) is 11.5 Å². The molecule has 1 aliphatic heterocycles. The minimum absolute atomic E-state index is 0.0215. The summed E-state index contributed by atoms with van der Waals surface area (Å²) in [5.41, 5.74) is 0.359. The van der Waals surface area contributed by atoms with Gasteiger partial charge in [-0.25, -0.2) is 0 Å². The fourth-order valence-electron chi connectivity index (χ4n) is 3.89. The Hall–Kier alpha value is -4.34. The molecule has 3 aromatic rings. The topological polar surface area (TPSA) is 89.0 Å². The fourth-order valence-corrected chi connectivity index (χ4v) is 3.89. The number of hydrogen-bond acceptors (Lipinski definition) is 6. The number of halogens is 3. The van der Waals surface area contributed by atoms with E-state index in [1.165, 1.54) is 30.6 Å². The summed E-state index contributed by atoms with van der Waals surface area (Å²) in [6, 6.07) is 13.2. The second-order valence-corrected chi connectivity index (χ2v) is 7.88. The van der Waals surface area contributed by atoms with E-state index in [0.717, 1.165) is 23.5 Å². The Morgan fingerprint density at radius 3 is 2.50 bits per heavy atom. The van der Waals surface area contributed by atoms with Crippen LogP contribution in [0.2, 0.25) is 0 Å². The lowest BCUT2D eigenvalue weighted by molar-refractivity contribution is -0.274. The van der Waals surface area contributed by atoms with Crippen molar-refractivity contribution in [1.82, 2.24) is 4.98 Å². The van der Waals surface area contributed by atoms with Crippen molar-refractivity contribution >= 4 is 23.1 Å². The highest BCUT2D eigenvalue weighted by Gasteiger charge is 2.47. The molecule has 1 N–H and O–H groups in total. The van der Waals surface area contributed by atoms with Crippen LogP contribution in [0.5, 0.6) is 11.5 Å². The highest BCUT2D eigenvalue weighted by Crippen LogP contribution is 2.43. The van der Waals surface area contributed by atoms with E-state index in [2.05, 4.69) is 9.72 Å². The number of Topliss-reactive ketones (excluding diaryl/α,β-unsaturated/α-hetero) is 1. The second-order valence-electron chi connectivity index (χ2n) is 7.88. The minimum Gasteiger partial charge on any atom is -0.507 e. The molecule has 186 valence electrons. The average Bonchev–Trinajstić information content (AvgIpc) is 3.12. The zero-order valence-corrected chi connectivity index (χ0v) is 19.0. The van der Waals surface area contributed by atoms with Crippen LogP contribution in [-0.2, 0) is 9.59 Å². The Kier molecular flexibility index (Phi) is 6.96. The number of pyridine rings is 1. The predicted molar refractivity (Wildman–Crippen MR) is 124 cm³/mol. The maximum Gasteiger partial charge on any atom is 0.573 e. The number of carbonyl (C=O) groups excluding carboxylic acids is 2. The summed E-state index contributed by atoms with van der Waals surface area (Å²) in [6.07, 6.45) is -1.28. The van der Waals surface area contributed by atoms with Crippen molar-refractivity contribution < 1.29 is 37.3 Å². The molecule has 1 aromatic heterocycles. The maximum absolute atomic E-state index is 13.2. The molecule has 0 radical (unpaired) electrons. The predicted octanol–water partition coefficient (Wildman–Crippen LogP) is 5.40. The van der Waals surface area contributed by atoms with Crippen LogP contribution in [-0.4, -0.2) is 34.8 Å². The lowest BCUT2D eigenvalue weighted by Gasteiger charge is -2.25. The van der Waals surface area contributed by atoms with Gasteiger partial charge >= 0.3 is 6.36 Å². The van der Waals surface area contributed by atoms with Crippen molar-refractivity contribution in [2.45, 2.75) is 25.7 Å². The molecular weight excluding hydrogens is 477 g/mol. The molecule has 36 heavy (non-hydrogen) atoms. The zero-order chi connectivity index (χ0) is 25.9. The third-order valence-electron chi connectivity index (χ3n) is 5.35. The summed E-state index contributed by atoms with van der Waals surface area (Å²) in [6.45, 7) is 2.38. The molecule has 0 spiro atoms. The highest BCUT2D eigenvalue weighted by atomic mass is 19.4. The first kappa shape index (κ1) is 24.8. The summed E-state index contributed by atoms with van der Waals surface area (Å²) < 4.78 is 47.9. The number of benzene rings is 2. The summed E-state index contributed by atoms with van der Waals surface area (Å²) in [5.74, 6) is -2.57. The SMILES string of the molecule is CCCOc1cccc(/C(O)=C2\C(=O)C(=O)N(c3cccc(OC(F)(F)F)c3)C2c2cccnc2)c1. The van der Waals surface area contributed by atoms with Gasteiger partial charge < -0.3 is 14.6 Å². The number of amides is 1. The van der Waals surface area contributed by atoms with Gasteiger partial charge in [0.25, 0.3) is 11.7 Å². The van der Waals surface area contributed by atoms with Crippen molar-refractivity contribution in [3.8, 4) is 11.5 Å². The summed E-state index contributed by atoms with van der Waals surface area (Å²) in [5, 5.41) is 11.2. The number of aliphatic hydroxyl groups excluding tert-OH is 1. The number of carbonyl (C=O) groups is 2. The van der Waals surface area contributed by atoms with Crippen molar-refractivity contribution in [1.29, 1.82) is 0 Å². The van der Waals surface area contributed by atoms with E-state index in [0.29, 0.717) is 17.9 Å². The molecule has 10 heteroatoms. The van der Waals surface area contributed by atoms with E-state index < -0.39 is 35.6 Å². The molecule has 1 atom stereocenters. The quantitative estimate of drug-likeness (QED) is 0.267. The van der Waals surface area contributed by atoms with Crippen molar-refractivity contribution in [2.24, 2.45) is 0 Å². The summed E-state index contributed by atoms with van der Waals surface area (Å²) in [4.78, 5) is 31.4. The fraction of sp³-hybridized carbons (Fsp3) is 0.192. The molecule has 1 aliphatic rings. The number of anilines is 1. The van der Waals surface area contributed by atoms with Crippen LogP contribution < -0.4 is 14.4 Å². The number of alkyl halides is 3. The highest BCUT2D eigenvalue weighted by molar-refractivity contribution is 6.51. The van der Waals surface area contributed by atoms with Gasteiger partial charge in [-0.05, 0) is 42.3 Å². The second kappa shape index (κ2) is 10.1. The molecule has 2 aromatic carbocycles. The number of rotatable bonds is 7. The molecule has 0 bridgehead atoms. The Balaban J connectivity index is 1.85. The Morgan fingerprint density at radius 2 is 1.81 bits per heavy atom.